The summed E-state index contributed by atoms with van der Waals surface area (Å²) in [4.78, 5) is 42.2. The molecule has 2 N–H and O–H groups in total. The van der Waals surface area contributed by atoms with Crippen LogP contribution >= 0.6 is 0 Å². The molecular formula is C28H32N2O6. The molecule has 2 amide bonds. The number of anilines is 1. The van der Waals surface area contributed by atoms with Gasteiger partial charge in [0.15, 0.2) is 0 Å². The Hall–Kier alpha value is -3.65. The van der Waals surface area contributed by atoms with E-state index in [1.807, 2.05) is 49.4 Å². The number of carbonyl (C=O) groups excluding carboxylic acids is 3. The number of benzene rings is 2. The highest BCUT2D eigenvalue weighted by molar-refractivity contribution is 6.01. The number of nitrogens with one attached hydrogen (secondary N) is 1. The van der Waals surface area contributed by atoms with Gasteiger partial charge in [-0.3, -0.25) is 14.4 Å². The minimum Gasteiger partial charge on any atom is -0.497 e. The van der Waals surface area contributed by atoms with Crippen LogP contribution in [0.25, 0.3) is 0 Å². The number of rotatable bonds is 8. The monoisotopic (exact) mass is 492 g/mol. The Morgan fingerprint density at radius 1 is 1.08 bits per heavy atom. The standard InChI is InChI=1S/C28H32N2O6/c1-4-36-28(34)23-17(2)10-15-21-24(23)27(33)30(22(16-31)18-8-6-5-7-9-18)25(21)26(32)29-19-11-13-20(35-3)14-12-19/h5-15,17,21-25,31H,4,16H2,1-3H3,(H,29,32)/t17-,21+,22-,23-,24-,25+/m1/s1. The number of amides is 2. The van der Waals surface area contributed by atoms with Gasteiger partial charge in [0.05, 0.1) is 38.2 Å². The second kappa shape index (κ2) is 11.0. The van der Waals surface area contributed by atoms with Gasteiger partial charge in [-0.2, -0.15) is 0 Å². The lowest BCUT2D eigenvalue weighted by Gasteiger charge is -2.33. The van der Waals surface area contributed by atoms with E-state index in [9.17, 15) is 19.5 Å². The summed E-state index contributed by atoms with van der Waals surface area (Å²) in [6.07, 6.45) is 3.74. The van der Waals surface area contributed by atoms with E-state index in [0.717, 1.165) is 0 Å². The molecule has 190 valence electrons. The third-order valence-electron chi connectivity index (χ3n) is 7.09. The summed E-state index contributed by atoms with van der Waals surface area (Å²) < 4.78 is 10.5. The second-order valence-corrected chi connectivity index (χ2v) is 9.14. The van der Waals surface area contributed by atoms with Crippen molar-refractivity contribution in [3.63, 3.8) is 0 Å². The van der Waals surface area contributed by atoms with Gasteiger partial charge in [0, 0.05) is 11.6 Å². The zero-order valence-corrected chi connectivity index (χ0v) is 20.7. The maximum atomic E-state index is 14.0. The van der Waals surface area contributed by atoms with E-state index < -0.39 is 41.7 Å². The fourth-order valence-corrected chi connectivity index (χ4v) is 5.39. The molecular weight excluding hydrogens is 460 g/mol. The van der Waals surface area contributed by atoms with Crippen LogP contribution in [-0.2, 0) is 19.1 Å². The topological polar surface area (TPSA) is 105 Å². The normalized spacial score (nSPS) is 25.7. The van der Waals surface area contributed by atoms with Crippen molar-refractivity contribution in [2.45, 2.75) is 25.9 Å². The maximum absolute atomic E-state index is 14.0. The molecule has 8 nitrogen and oxygen atoms in total. The summed E-state index contributed by atoms with van der Waals surface area (Å²) in [5, 5.41) is 13.3. The molecule has 0 bridgehead atoms. The zero-order chi connectivity index (χ0) is 25.8. The summed E-state index contributed by atoms with van der Waals surface area (Å²) in [7, 11) is 1.56. The number of esters is 1. The molecule has 8 heteroatoms. The number of aliphatic hydroxyl groups excluding tert-OH is 1. The molecule has 1 saturated heterocycles. The summed E-state index contributed by atoms with van der Waals surface area (Å²) in [6, 6.07) is 14.3. The maximum Gasteiger partial charge on any atom is 0.310 e. The molecule has 2 aromatic rings. The molecule has 2 aliphatic rings. The molecule has 0 unspecified atom stereocenters. The van der Waals surface area contributed by atoms with E-state index in [0.29, 0.717) is 17.0 Å². The highest BCUT2D eigenvalue weighted by atomic mass is 16.5. The average molecular weight is 493 g/mol. The third-order valence-corrected chi connectivity index (χ3v) is 7.09. The minimum atomic E-state index is -0.928. The smallest absolute Gasteiger partial charge is 0.310 e. The predicted octanol–water partition coefficient (Wildman–Crippen LogP) is 3.20. The van der Waals surface area contributed by atoms with Crippen LogP contribution in [0.4, 0.5) is 5.69 Å². The predicted molar refractivity (Wildman–Crippen MR) is 134 cm³/mol. The molecule has 0 saturated carbocycles. The fourth-order valence-electron chi connectivity index (χ4n) is 5.39. The Morgan fingerprint density at radius 2 is 1.78 bits per heavy atom. The molecule has 0 radical (unpaired) electrons. The van der Waals surface area contributed by atoms with E-state index in [1.165, 1.54) is 4.90 Å². The van der Waals surface area contributed by atoms with Gasteiger partial charge < -0.3 is 24.8 Å². The molecule has 0 spiro atoms. The molecule has 6 atom stereocenters. The number of carbonyl (C=O) groups is 3. The summed E-state index contributed by atoms with van der Waals surface area (Å²) in [5.41, 5.74) is 1.26. The molecule has 4 rings (SSSR count). The number of likely N-dealkylation sites (tertiary alicyclic amines) is 1. The molecule has 36 heavy (non-hydrogen) atoms. The largest absolute Gasteiger partial charge is 0.497 e. The second-order valence-electron chi connectivity index (χ2n) is 9.14. The van der Waals surface area contributed by atoms with Gasteiger partial charge >= 0.3 is 5.97 Å². The summed E-state index contributed by atoms with van der Waals surface area (Å²) in [6.45, 7) is 3.43. The Morgan fingerprint density at radius 3 is 2.39 bits per heavy atom. The van der Waals surface area contributed by atoms with E-state index in [-0.39, 0.29) is 25.0 Å². The quantitative estimate of drug-likeness (QED) is 0.433. The van der Waals surface area contributed by atoms with Gasteiger partial charge in [-0.15, -0.1) is 0 Å². The Kier molecular flexibility index (Phi) is 7.74. The van der Waals surface area contributed by atoms with Crippen molar-refractivity contribution in [2.24, 2.45) is 23.7 Å². The van der Waals surface area contributed by atoms with Crippen LogP contribution in [0.5, 0.6) is 5.75 Å². The number of ether oxygens (including phenoxy) is 2. The van der Waals surface area contributed by atoms with Gasteiger partial charge in [-0.25, -0.2) is 0 Å². The molecule has 1 aliphatic heterocycles. The van der Waals surface area contributed by atoms with Crippen molar-refractivity contribution >= 4 is 23.5 Å². The first-order valence-electron chi connectivity index (χ1n) is 12.2. The van der Waals surface area contributed by atoms with Crippen molar-refractivity contribution in [3.8, 4) is 5.75 Å². The highest BCUT2D eigenvalue weighted by Crippen LogP contribution is 2.47. The van der Waals surface area contributed by atoms with Crippen molar-refractivity contribution in [2.75, 3.05) is 25.6 Å². The lowest BCUT2D eigenvalue weighted by molar-refractivity contribution is -0.155. The van der Waals surface area contributed by atoms with Crippen LogP contribution in [0.15, 0.2) is 66.7 Å². The molecule has 2 aromatic carbocycles. The number of hydrogen-bond donors (Lipinski definition) is 2. The lowest BCUT2D eigenvalue weighted by atomic mass is 9.70. The van der Waals surface area contributed by atoms with Crippen LogP contribution in [0.2, 0.25) is 0 Å². The Bertz CT molecular complexity index is 1120. The average Bonchev–Trinajstić information content (AvgIpc) is 3.18. The number of fused-ring (bicyclic) bond motifs is 1. The first kappa shape index (κ1) is 25.4. The summed E-state index contributed by atoms with van der Waals surface area (Å²) in [5.74, 6) is -2.81. The van der Waals surface area contributed by atoms with Gasteiger partial charge in [0.2, 0.25) is 11.8 Å². The SMILES string of the molecule is CCOC(=O)[C@H]1[C@@H]2C(=O)N([C@H](CO)c3ccccc3)[C@H](C(=O)Nc3ccc(OC)cc3)[C@H]2C=C[C@H]1C. The third kappa shape index (κ3) is 4.73. The number of nitrogens with zero attached hydrogens (tertiary/aromatic N) is 1. The fraction of sp³-hybridized carbons (Fsp3) is 0.393. The highest BCUT2D eigenvalue weighted by Gasteiger charge is 2.58. The van der Waals surface area contributed by atoms with Crippen LogP contribution in [0, 0.1) is 23.7 Å². The number of allylic oxidation sites excluding steroid dienone is 1. The van der Waals surface area contributed by atoms with Crippen LogP contribution in [0.3, 0.4) is 0 Å². The molecule has 1 heterocycles. The van der Waals surface area contributed by atoms with Crippen molar-refractivity contribution < 1.29 is 29.0 Å². The summed E-state index contributed by atoms with van der Waals surface area (Å²) >= 11 is 0. The van der Waals surface area contributed by atoms with Gasteiger partial charge in [0.25, 0.3) is 0 Å². The molecule has 1 fully saturated rings. The molecule has 1 aliphatic carbocycles. The van der Waals surface area contributed by atoms with E-state index >= 15 is 0 Å². The first-order valence-corrected chi connectivity index (χ1v) is 12.2. The van der Waals surface area contributed by atoms with Crippen molar-refractivity contribution in [1.82, 2.24) is 4.90 Å². The van der Waals surface area contributed by atoms with Crippen molar-refractivity contribution in [3.05, 3.63) is 72.3 Å². The van der Waals surface area contributed by atoms with Crippen LogP contribution in [-0.4, -0.2) is 54.2 Å². The molecule has 0 aromatic heterocycles. The van der Waals surface area contributed by atoms with Gasteiger partial charge in [-0.1, -0.05) is 49.4 Å². The van der Waals surface area contributed by atoms with Crippen LogP contribution < -0.4 is 10.1 Å². The zero-order valence-electron chi connectivity index (χ0n) is 20.7. The van der Waals surface area contributed by atoms with Gasteiger partial charge in [-0.05, 0) is 42.7 Å². The van der Waals surface area contributed by atoms with Crippen LogP contribution in [0.1, 0.15) is 25.5 Å². The number of aliphatic hydroxyl groups is 1. The Balaban J connectivity index is 1.75. The van der Waals surface area contributed by atoms with Gasteiger partial charge in [0.1, 0.15) is 11.8 Å². The Labute approximate surface area is 210 Å². The van der Waals surface area contributed by atoms with E-state index in [1.54, 1.807) is 38.3 Å². The number of methoxy groups -OCH3 is 1. The minimum absolute atomic E-state index is 0.200. The lowest BCUT2D eigenvalue weighted by Crippen LogP contribution is -2.46. The van der Waals surface area contributed by atoms with E-state index in [2.05, 4.69) is 5.32 Å². The van der Waals surface area contributed by atoms with Crippen molar-refractivity contribution in [1.29, 1.82) is 0 Å². The first-order chi connectivity index (χ1) is 17.4. The number of hydrogen-bond acceptors (Lipinski definition) is 6. The van der Waals surface area contributed by atoms with E-state index in [4.69, 9.17) is 9.47 Å².